The van der Waals surface area contributed by atoms with Gasteiger partial charge in [0.2, 0.25) is 0 Å². The second-order valence-electron chi connectivity index (χ2n) is 7.36. The molecule has 0 saturated heterocycles. The molecule has 0 aromatic heterocycles. The molecular weight excluding hydrogens is 384 g/mol. The number of carbonyl (C=O) groups is 2. The van der Waals surface area contributed by atoms with Gasteiger partial charge in [0.1, 0.15) is 6.04 Å². The highest BCUT2D eigenvalue weighted by atomic mass is 16.5. The van der Waals surface area contributed by atoms with Gasteiger partial charge in [-0.2, -0.15) is 0 Å². The van der Waals surface area contributed by atoms with Crippen molar-refractivity contribution in [2.24, 2.45) is 5.92 Å². The maximum Gasteiger partial charge on any atom is 0.320 e. The molecule has 0 heterocycles. The van der Waals surface area contributed by atoms with E-state index >= 15 is 0 Å². The van der Waals surface area contributed by atoms with Crippen LogP contribution in [0.4, 0.5) is 5.69 Å². The molecule has 1 unspecified atom stereocenters. The normalized spacial score (nSPS) is 11.8. The van der Waals surface area contributed by atoms with Crippen LogP contribution in [0.3, 0.4) is 0 Å². The Labute approximate surface area is 177 Å². The molecule has 30 heavy (non-hydrogen) atoms. The number of hydrogen-bond donors (Lipinski definition) is 3. The van der Waals surface area contributed by atoms with Crippen molar-refractivity contribution in [1.29, 1.82) is 0 Å². The van der Waals surface area contributed by atoms with Crippen molar-refractivity contribution in [2.75, 3.05) is 18.5 Å². The van der Waals surface area contributed by atoms with Crippen molar-refractivity contribution in [1.82, 2.24) is 5.32 Å². The van der Waals surface area contributed by atoms with Gasteiger partial charge >= 0.3 is 5.97 Å². The van der Waals surface area contributed by atoms with Gasteiger partial charge in [-0.3, -0.25) is 9.59 Å². The summed E-state index contributed by atoms with van der Waals surface area (Å²) in [6, 6.07) is 12.2. The van der Waals surface area contributed by atoms with Crippen LogP contribution in [0.15, 0.2) is 42.5 Å². The number of amides is 1. The maximum atomic E-state index is 12.2. The molecule has 0 spiro atoms. The van der Waals surface area contributed by atoms with Gasteiger partial charge in [0.25, 0.3) is 5.91 Å². The van der Waals surface area contributed by atoms with Crippen molar-refractivity contribution >= 4 is 17.6 Å². The highest BCUT2D eigenvalue weighted by Crippen LogP contribution is 2.28. The Morgan fingerprint density at radius 3 is 2.33 bits per heavy atom. The standard InChI is InChI=1S/C23H30N2O5/c1-5-29-20-12-17(13-24-22(15(2)3)23(27)28)8-11-19(20)30-14-21(26)25-18-9-6-16(4)7-10-18/h6-12,15,22,24H,5,13-14H2,1-4H3,(H,25,26)(H,27,28). The summed E-state index contributed by atoms with van der Waals surface area (Å²) < 4.78 is 11.3. The van der Waals surface area contributed by atoms with Crippen LogP contribution in [0.1, 0.15) is 31.9 Å². The first-order chi connectivity index (χ1) is 14.3. The summed E-state index contributed by atoms with van der Waals surface area (Å²) in [4.78, 5) is 23.5. The minimum Gasteiger partial charge on any atom is -0.490 e. The van der Waals surface area contributed by atoms with Crippen LogP contribution in [0.2, 0.25) is 0 Å². The zero-order valence-corrected chi connectivity index (χ0v) is 17.9. The van der Waals surface area contributed by atoms with Crippen LogP contribution < -0.4 is 20.1 Å². The van der Waals surface area contributed by atoms with Gasteiger partial charge in [0.15, 0.2) is 18.1 Å². The molecule has 0 radical (unpaired) electrons. The molecule has 0 aliphatic carbocycles. The zero-order chi connectivity index (χ0) is 22.1. The molecule has 7 nitrogen and oxygen atoms in total. The van der Waals surface area contributed by atoms with Gasteiger partial charge in [-0.15, -0.1) is 0 Å². The van der Waals surface area contributed by atoms with Crippen molar-refractivity contribution in [3.63, 3.8) is 0 Å². The molecule has 0 saturated carbocycles. The van der Waals surface area contributed by atoms with Crippen molar-refractivity contribution in [2.45, 2.75) is 40.3 Å². The Morgan fingerprint density at radius 1 is 1.03 bits per heavy atom. The number of carboxylic acid groups (broad SMARTS) is 1. The van der Waals surface area contributed by atoms with Gasteiger partial charge in [-0.25, -0.2) is 0 Å². The molecule has 3 N–H and O–H groups in total. The molecule has 0 bridgehead atoms. The van der Waals surface area contributed by atoms with E-state index in [0.717, 1.165) is 11.1 Å². The van der Waals surface area contributed by atoms with Crippen molar-refractivity contribution in [3.05, 3.63) is 53.6 Å². The van der Waals surface area contributed by atoms with E-state index in [-0.39, 0.29) is 18.4 Å². The summed E-state index contributed by atoms with van der Waals surface area (Å²) in [5.41, 5.74) is 2.68. The monoisotopic (exact) mass is 414 g/mol. The summed E-state index contributed by atoms with van der Waals surface area (Å²) in [6.07, 6.45) is 0. The molecule has 162 valence electrons. The molecule has 0 aliphatic heterocycles. The van der Waals surface area contributed by atoms with E-state index in [9.17, 15) is 14.7 Å². The summed E-state index contributed by atoms with van der Waals surface area (Å²) in [5.74, 6) is -0.221. The van der Waals surface area contributed by atoms with Crippen LogP contribution >= 0.6 is 0 Å². The van der Waals surface area contributed by atoms with E-state index < -0.39 is 12.0 Å². The number of carbonyl (C=O) groups excluding carboxylic acids is 1. The minimum absolute atomic E-state index is 0.0384. The fourth-order valence-electron chi connectivity index (χ4n) is 2.86. The first-order valence-corrected chi connectivity index (χ1v) is 10.0. The van der Waals surface area contributed by atoms with E-state index in [2.05, 4.69) is 10.6 Å². The Bertz CT molecular complexity index is 849. The van der Waals surface area contributed by atoms with Gasteiger partial charge in [-0.05, 0) is 49.6 Å². The number of rotatable bonds is 11. The van der Waals surface area contributed by atoms with Gasteiger partial charge < -0.3 is 25.2 Å². The minimum atomic E-state index is -0.880. The van der Waals surface area contributed by atoms with E-state index in [1.807, 2.05) is 58.0 Å². The second-order valence-corrected chi connectivity index (χ2v) is 7.36. The number of aliphatic carboxylic acids is 1. The predicted octanol–water partition coefficient (Wildman–Crippen LogP) is 3.61. The maximum absolute atomic E-state index is 12.2. The SMILES string of the molecule is CCOc1cc(CNC(C(=O)O)C(C)C)ccc1OCC(=O)Nc1ccc(C)cc1. The molecule has 0 aliphatic rings. The number of carboxylic acids is 1. The zero-order valence-electron chi connectivity index (χ0n) is 17.9. The van der Waals surface area contributed by atoms with Gasteiger partial charge in [-0.1, -0.05) is 37.6 Å². The number of hydrogen-bond acceptors (Lipinski definition) is 5. The lowest BCUT2D eigenvalue weighted by Crippen LogP contribution is -2.40. The molecule has 2 aromatic rings. The summed E-state index contributed by atoms with van der Waals surface area (Å²) in [5, 5.41) is 15.1. The number of nitrogens with one attached hydrogen (secondary N) is 2. The second kappa shape index (κ2) is 11.2. The molecule has 7 heteroatoms. The fraction of sp³-hybridized carbons (Fsp3) is 0.391. The Morgan fingerprint density at radius 2 is 1.73 bits per heavy atom. The Balaban J connectivity index is 1.99. The average Bonchev–Trinajstić information content (AvgIpc) is 2.69. The quantitative estimate of drug-likeness (QED) is 0.520. The lowest BCUT2D eigenvalue weighted by Gasteiger charge is -2.19. The number of anilines is 1. The molecular formula is C23H30N2O5. The van der Waals surface area contributed by atoms with Crippen LogP contribution in [0.5, 0.6) is 11.5 Å². The highest BCUT2D eigenvalue weighted by molar-refractivity contribution is 5.91. The predicted molar refractivity (Wildman–Crippen MR) is 116 cm³/mol. The first kappa shape index (κ1) is 23.2. The molecule has 0 fully saturated rings. The summed E-state index contributed by atoms with van der Waals surface area (Å²) in [6.45, 7) is 8.22. The third kappa shape index (κ3) is 7.08. The Kier molecular flexibility index (Phi) is 8.68. The number of benzene rings is 2. The number of aryl methyl sites for hydroxylation is 1. The molecule has 1 atom stereocenters. The van der Waals surface area contributed by atoms with E-state index in [0.29, 0.717) is 30.3 Å². The van der Waals surface area contributed by atoms with Gasteiger partial charge in [0, 0.05) is 12.2 Å². The fourth-order valence-corrected chi connectivity index (χ4v) is 2.86. The largest absolute Gasteiger partial charge is 0.490 e. The first-order valence-electron chi connectivity index (χ1n) is 10.0. The molecule has 2 rings (SSSR count). The van der Waals surface area contributed by atoms with Crippen LogP contribution in [-0.4, -0.2) is 36.2 Å². The van der Waals surface area contributed by atoms with E-state index in [1.54, 1.807) is 12.1 Å². The van der Waals surface area contributed by atoms with Gasteiger partial charge in [0.05, 0.1) is 6.61 Å². The smallest absolute Gasteiger partial charge is 0.320 e. The van der Waals surface area contributed by atoms with Crippen LogP contribution in [0.25, 0.3) is 0 Å². The lowest BCUT2D eigenvalue weighted by molar-refractivity contribution is -0.140. The van der Waals surface area contributed by atoms with E-state index in [1.165, 1.54) is 0 Å². The van der Waals surface area contributed by atoms with Crippen molar-refractivity contribution < 1.29 is 24.2 Å². The summed E-state index contributed by atoms with van der Waals surface area (Å²) >= 11 is 0. The van der Waals surface area contributed by atoms with Crippen LogP contribution in [0, 0.1) is 12.8 Å². The molecule has 1 amide bonds. The third-order valence-electron chi connectivity index (χ3n) is 4.46. The Hall–Kier alpha value is -3.06. The third-order valence-corrected chi connectivity index (χ3v) is 4.46. The topological polar surface area (TPSA) is 96.9 Å². The summed E-state index contributed by atoms with van der Waals surface area (Å²) in [7, 11) is 0. The lowest BCUT2D eigenvalue weighted by atomic mass is 10.0. The van der Waals surface area contributed by atoms with Crippen molar-refractivity contribution in [3.8, 4) is 11.5 Å². The highest BCUT2D eigenvalue weighted by Gasteiger charge is 2.20. The number of ether oxygens (including phenoxy) is 2. The average molecular weight is 415 g/mol. The van der Waals surface area contributed by atoms with E-state index in [4.69, 9.17) is 9.47 Å². The van der Waals surface area contributed by atoms with Crippen LogP contribution in [-0.2, 0) is 16.1 Å². The molecule has 2 aromatic carbocycles.